The van der Waals surface area contributed by atoms with Crippen LogP contribution in [0.1, 0.15) is 83.7 Å². The predicted molar refractivity (Wildman–Crippen MR) is 130 cm³/mol. The molecular formula is C27H35NO6. The topological polar surface area (TPSA) is 113 Å². The Morgan fingerprint density at radius 1 is 0.882 bits per heavy atom. The molecule has 0 saturated carbocycles. The van der Waals surface area contributed by atoms with Crippen molar-refractivity contribution in [2.75, 3.05) is 13.2 Å². The first kappa shape index (κ1) is 27.4. The zero-order valence-electron chi connectivity index (χ0n) is 20.8. The van der Waals surface area contributed by atoms with Crippen molar-refractivity contribution in [3.05, 3.63) is 70.3 Å². The summed E-state index contributed by atoms with van der Waals surface area (Å²) in [7, 11) is 0. The lowest BCUT2D eigenvalue weighted by Crippen LogP contribution is -2.30. The van der Waals surface area contributed by atoms with Crippen LogP contribution >= 0.6 is 0 Å². The zero-order chi connectivity index (χ0) is 25.7. The van der Waals surface area contributed by atoms with E-state index in [1.165, 1.54) is 0 Å². The van der Waals surface area contributed by atoms with Crippen molar-refractivity contribution in [2.45, 2.75) is 54.1 Å². The molecule has 2 rings (SSSR count). The number of Topliss-reactive ketones (excluding diaryl/α,β-unsaturated/α-hetero) is 2. The Balaban J connectivity index is 2.35. The Labute approximate surface area is 201 Å². The Hall–Kier alpha value is -2.87. The zero-order valence-corrected chi connectivity index (χ0v) is 20.8. The SMILES string of the molecule is CC(C)(C)C(=O)c1ccc(Cc2cc(C(=O)C(C)(C)C)ccc2C(=O)NOCC(O)CO)cc1. The van der Waals surface area contributed by atoms with Crippen LogP contribution < -0.4 is 5.48 Å². The second-order valence-corrected chi connectivity index (χ2v) is 10.5. The maximum Gasteiger partial charge on any atom is 0.275 e. The summed E-state index contributed by atoms with van der Waals surface area (Å²) in [6.45, 7) is 10.4. The second kappa shape index (κ2) is 11.0. The maximum absolute atomic E-state index is 12.8. The lowest BCUT2D eigenvalue weighted by molar-refractivity contribution is -0.0295. The molecule has 0 aromatic heterocycles. The van der Waals surface area contributed by atoms with Gasteiger partial charge in [-0.25, -0.2) is 5.48 Å². The number of carbonyl (C=O) groups is 3. The Morgan fingerprint density at radius 3 is 1.94 bits per heavy atom. The summed E-state index contributed by atoms with van der Waals surface area (Å²) in [6, 6.07) is 12.1. The van der Waals surface area contributed by atoms with Gasteiger partial charge < -0.3 is 10.2 Å². The second-order valence-electron chi connectivity index (χ2n) is 10.5. The molecule has 7 heteroatoms. The lowest BCUT2D eigenvalue weighted by Gasteiger charge is -2.19. The minimum Gasteiger partial charge on any atom is -0.394 e. The molecule has 1 unspecified atom stereocenters. The molecule has 2 aromatic carbocycles. The highest BCUT2D eigenvalue weighted by Crippen LogP contribution is 2.25. The van der Waals surface area contributed by atoms with Crippen LogP contribution in [0.5, 0.6) is 0 Å². The minimum absolute atomic E-state index is 0.0408. The van der Waals surface area contributed by atoms with Gasteiger partial charge in [0.05, 0.1) is 6.61 Å². The van der Waals surface area contributed by atoms with Crippen molar-refractivity contribution in [1.82, 2.24) is 5.48 Å². The van der Waals surface area contributed by atoms with Gasteiger partial charge in [0.1, 0.15) is 12.7 Å². The normalized spacial score (nSPS) is 12.8. The van der Waals surface area contributed by atoms with E-state index in [4.69, 9.17) is 9.94 Å². The molecule has 0 aliphatic carbocycles. The van der Waals surface area contributed by atoms with Gasteiger partial charge >= 0.3 is 0 Å². The molecular weight excluding hydrogens is 434 g/mol. The van der Waals surface area contributed by atoms with Crippen LogP contribution in [-0.4, -0.2) is 47.0 Å². The van der Waals surface area contributed by atoms with E-state index < -0.39 is 29.4 Å². The third kappa shape index (κ3) is 7.32. The van der Waals surface area contributed by atoms with Crippen LogP contribution in [0.4, 0.5) is 0 Å². The Bertz CT molecular complexity index is 1030. The fourth-order valence-electron chi connectivity index (χ4n) is 3.27. The van der Waals surface area contributed by atoms with E-state index in [1.54, 1.807) is 30.3 Å². The highest BCUT2D eigenvalue weighted by atomic mass is 16.7. The van der Waals surface area contributed by atoms with Gasteiger partial charge in [0.25, 0.3) is 5.91 Å². The van der Waals surface area contributed by atoms with Gasteiger partial charge in [-0.3, -0.25) is 19.2 Å². The number of hydrogen-bond donors (Lipinski definition) is 3. The summed E-state index contributed by atoms with van der Waals surface area (Å²) in [5.74, 6) is -0.539. The fraction of sp³-hybridized carbons (Fsp3) is 0.444. The van der Waals surface area contributed by atoms with Crippen LogP contribution in [0.2, 0.25) is 0 Å². The first-order chi connectivity index (χ1) is 15.7. The van der Waals surface area contributed by atoms with E-state index in [0.29, 0.717) is 28.7 Å². The standard InChI is InChI=1S/C27H35NO6/c1-26(2,3)23(31)18-9-7-17(8-10-18)13-20-14-19(24(32)27(4,5)6)11-12-22(20)25(33)28-34-16-21(30)15-29/h7-12,14,21,29-30H,13,15-16H2,1-6H3,(H,28,33). The third-order valence-electron chi connectivity index (χ3n) is 5.24. The van der Waals surface area contributed by atoms with Crippen LogP contribution in [0.3, 0.4) is 0 Å². The summed E-state index contributed by atoms with van der Waals surface area (Å²) < 4.78 is 0. The van der Waals surface area contributed by atoms with Gasteiger partial charge in [0.15, 0.2) is 11.6 Å². The van der Waals surface area contributed by atoms with Crippen LogP contribution in [0, 0.1) is 10.8 Å². The molecule has 0 spiro atoms. The number of amides is 1. The van der Waals surface area contributed by atoms with Crippen molar-refractivity contribution >= 4 is 17.5 Å². The highest BCUT2D eigenvalue weighted by molar-refractivity contribution is 6.02. The molecule has 1 amide bonds. The number of aliphatic hydroxyl groups excluding tert-OH is 2. The maximum atomic E-state index is 12.8. The number of ketones is 2. The van der Waals surface area contributed by atoms with Gasteiger partial charge in [-0.05, 0) is 29.7 Å². The number of rotatable bonds is 9. The summed E-state index contributed by atoms with van der Waals surface area (Å²) in [5.41, 5.74) is 4.12. The Kier molecular flexibility index (Phi) is 8.89. The molecule has 0 fully saturated rings. The number of hydroxylamine groups is 1. The van der Waals surface area contributed by atoms with Crippen LogP contribution in [0.25, 0.3) is 0 Å². The quantitative estimate of drug-likeness (QED) is 0.381. The predicted octanol–water partition coefficient (Wildman–Crippen LogP) is 3.75. The molecule has 0 radical (unpaired) electrons. The van der Waals surface area contributed by atoms with Crippen molar-refractivity contribution in [3.63, 3.8) is 0 Å². The average molecular weight is 470 g/mol. The van der Waals surface area contributed by atoms with Gasteiger partial charge in [-0.2, -0.15) is 0 Å². The molecule has 0 saturated heterocycles. The number of benzene rings is 2. The fourth-order valence-corrected chi connectivity index (χ4v) is 3.27. The molecule has 1 atom stereocenters. The van der Waals surface area contributed by atoms with Gasteiger partial charge in [0.2, 0.25) is 0 Å². The molecule has 0 aliphatic rings. The van der Waals surface area contributed by atoms with Crippen LogP contribution in [0.15, 0.2) is 42.5 Å². The monoisotopic (exact) mass is 469 g/mol. The molecule has 0 heterocycles. The molecule has 0 aliphatic heterocycles. The number of hydrogen-bond acceptors (Lipinski definition) is 6. The Morgan fingerprint density at radius 2 is 1.41 bits per heavy atom. The van der Waals surface area contributed by atoms with Gasteiger partial charge in [0, 0.05) is 27.5 Å². The van der Waals surface area contributed by atoms with E-state index >= 15 is 0 Å². The van der Waals surface area contributed by atoms with Crippen molar-refractivity contribution in [3.8, 4) is 0 Å². The van der Waals surface area contributed by atoms with Gasteiger partial charge in [-0.15, -0.1) is 0 Å². The van der Waals surface area contributed by atoms with E-state index in [0.717, 1.165) is 5.56 Å². The van der Waals surface area contributed by atoms with Crippen molar-refractivity contribution < 1.29 is 29.4 Å². The molecule has 2 aromatic rings. The lowest BCUT2D eigenvalue weighted by atomic mass is 9.84. The first-order valence-electron chi connectivity index (χ1n) is 11.3. The summed E-state index contributed by atoms with van der Waals surface area (Å²) in [5, 5.41) is 18.3. The minimum atomic E-state index is -1.11. The largest absolute Gasteiger partial charge is 0.394 e. The molecule has 3 N–H and O–H groups in total. The first-order valence-corrected chi connectivity index (χ1v) is 11.3. The van der Waals surface area contributed by atoms with E-state index in [9.17, 15) is 19.5 Å². The molecule has 184 valence electrons. The third-order valence-corrected chi connectivity index (χ3v) is 5.24. The molecule has 0 bridgehead atoms. The van der Waals surface area contributed by atoms with Crippen LogP contribution in [-0.2, 0) is 11.3 Å². The number of aliphatic hydroxyl groups is 2. The van der Waals surface area contributed by atoms with E-state index in [1.807, 2.05) is 53.7 Å². The van der Waals surface area contributed by atoms with Crippen molar-refractivity contribution in [2.24, 2.45) is 10.8 Å². The summed E-state index contributed by atoms with van der Waals surface area (Å²) in [4.78, 5) is 43.1. The molecule has 7 nitrogen and oxygen atoms in total. The molecule has 34 heavy (non-hydrogen) atoms. The number of carbonyl (C=O) groups excluding carboxylic acids is 3. The van der Waals surface area contributed by atoms with Crippen molar-refractivity contribution in [1.29, 1.82) is 0 Å². The summed E-state index contributed by atoms with van der Waals surface area (Å²) in [6.07, 6.45) is -0.752. The highest BCUT2D eigenvalue weighted by Gasteiger charge is 2.25. The number of nitrogens with one attached hydrogen (secondary N) is 1. The summed E-state index contributed by atoms with van der Waals surface area (Å²) >= 11 is 0. The smallest absolute Gasteiger partial charge is 0.275 e. The van der Waals surface area contributed by atoms with E-state index in [2.05, 4.69) is 5.48 Å². The average Bonchev–Trinajstić information content (AvgIpc) is 2.77. The van der Waals surface area contributed by atoms with Gasteiger partial charge in [-0.1, -0.05) is 71.9 Å². The van der Waals surface area contributed by atoms with E-state index in [-0.39, 0.29) is 18.2 Å².